The summed E-state index contributed by atoms with van der Waals surface area (Å²) in [7, 11) is -3.83. The number of hydrogen-bond donors (Lipinski definition) is 1. The predicted octanol–water partition coefficient (Wildman–Crippen LogP) is 2.50. The summed E-state index contributed by atoms with van der Waals surface area (Å²) in [6.07, 6.45) is 1.67. The van der Waals surface area contributed by atoms with Gasteiger partial charge in [0.2, 0.25) is 10.0 Å². The minimum atomic E-state index is -3.79. The smallest absolute Gasteiger partial charge is 0.244 e. The lowest BCUT2D eigenvalue weighted by Crippen LogP contribution is -2.35. The van der Waals surface area contributed by atoms with Crippen molar-refractivity contribution in [2.24, 2.45) is 4.99 Å². The van der Waals surface area contributed by atoms with Crippen molar-refractivity contribution in [3.8, 4) is 0 Å². The molecule has 0 bridgehead atoms. The first-order chi connectivity index (χ1) is 13.4. The molecule has 0 fully saturated rings. The van der Waals surface area contributed by atoms with Crippen LogP contribution in [0.1, 0.15) is 23.6 Å². The molecule has 2 aliphatic rings. The first kappa shape index (κ1) is 19.4. The Kier molecular flexibility index (Phi) is 5.17. The van der Waals surface area contributed by atoms with Crippen molar-refractivity contribution in [3.05, 3.63) is 53.3 Å². The lowest BCUT2D eigenvalue weighted by atomic mass is 10.1. The number of aryl methyl sites for hydroxylation is 1. The van der Waals surface area contributed by atoms with E-state index in [1.165, 1.54) is 29.0 Å². The van der Waals surface area contributed by atoms with Gasteiger partial charge in [-0.1, -0.05) is 12.1 Å². The second kappa shape index (κ2) is 7.47. The van der Waals surface area contributed by atoms with Crippen LogP contribution < -0.4 is 5.32 Å². The van der Waals surface area contributed by atoms with E-state index in [0.29, 0.717) is 12.2 Å². The van der Waals surface area contributed by atoms with E-state index in [1.54, 1.807) is 24.3 Å². The second-order valence-electron chi connectivity index (χ2n) is 6.85. The van der Waals surface area contributed by atoms with Crippen LogP contribution in [0, 0.1) is 5.82 Å². The highest BCUT2D eigenvalue weighted by Crippen LogP contribution is 2.34. The normalized spacial score (nSPS) is 20.5. The standard InChI is InChI=1S/C19H20FN3O3S2/c1-23(10-9-21-16-8-5-13-11-14(20)6-7-15(13)16)28(25,26)18-4-2-3-17-19(18)27(24)12-22-17/h2-4,6-7,11-12,16,21H,5,8-10H2,1H3. The summed E-state index contributed by atoms with van der Waals surface area (Å²) in [5.74, 6) is -0.234. The van der Waals surface area contributed by atoms with Crippen molar-refractivity contribution in [1.82, 2.24) is 9.62 Å². The number of sulfonamides is 1. The molecule has 0 radical (unpaired) electrons. The van der Waals surface area contributed by atoms with Crippen LogP contribution in [-0.4, -0.2) is 42.6 Å². The maximum absolute atomic E-state index is 13.3. The Morgan fingerprint density at radius 1 is 1.32 bits per heavy atom. The number of fused-ring (bicyclic) bond motifs is 2. The Morgan fingerprint density at radius 3 is 2.96 bits per heavy atom. The monoisotopic (exact) mass is 421 g/mol. The van der Waals surface area contributed by atoms with Gasteiger partial charge in [0.25, 0.3) is 0 Å². The zero-order valence-electron chi connectivity index (χ0n) is 15.3. The number of aliphatic imine (C=N–C) groups is 1. The van der Waals surface area contributed by atoms with Gasteiger partial charge >= 0.3 is 0 Å². The Bertz CT molecular complexity index is 1090. The third kappa shape index (κ3) is 3.43. The highest BCUT2D eigenvalue weighted by molar-refractivity contribution is 7.99. The quantitative estimate of drug-likeness (QED) is 0.777. The number of nitrogens with one attached hydrogen (secondary N) is 1. The van der Waals surface area contributed by atoms with Crippen molar-refractivity contribution >= 4 is 32.1 Å². The second-order valence-corrected chi connectivity index (χ2v) is 10.1. The minimum Gasteiger partial charge on any atom is -0.309 e. The average Bonchev–Trinajstić information content (AvgIpc) is 3.25. The molecule has 0 saturated carbocycles. The summed E-state index contributed by atoms with van der Waals surface area (Å²) in [4.78, 5) is 4.29. The molecule has 1 aliphatic carbocycles. The zero-order chi connectivity index (χ0) is 19.9. The van der Waals surface area contributed by atoms with Gasteiger partial charge in [0.05, 0.1) is 26.9 Å². The Balaban J connectivity index is 1.43. The summed E-state index contributed by atoms with van der Waals surface area (Å²) in [5.41, 5.74) is 3.76. The van der Waals surface area contributed by atoms with Crippen LogP contribution in [0.25, 0.3) is 0 Å². The fourth-order valence-electron chi connectivity index (χ4n) is 3.65. The van der Waals surface area contributed by atoms with Crippen LogP contribution in [0.3, 0.4) is 0 Å². The first-order valence-corrected chi connectivity index (χ1v) is 11.6. The van der Waals surface area contributed by atoms with Crippen LogP contribution in [0.5, 0.6) is 0 Å². The van der Waals surface area contributed by atoms with Gasteiger partial charge < -0.3 is 5.32 Å². The molecule has 2 unspecified atom stereocenters. The molecule has 2 aromatic carbocycles. The fourth-order valence-corrected chi connectivity index (χ4v) is 6.38. The zero-order valence-corrected chi connectivity index (χ0v) is 16.9. The van der Waals surface area contributed by atoms with Gasteiger partial charge in [-0.05, 0) is 48.2 Å². The summed E-state index contributed by atoms with van der Waals surface area (Å²) in [6, 6.07) is 9.61. The molecule has 9 heteroatoms. The maximum Gasteiger partial charge on any atom is 0.244 e. The van der Waals surface area contributed by atoms with E-state index in [4.69, 9.17) is 0 Å². The number of halogens is 1. The van der Waals surface area contributed by atoms with E-state index >= 15 is 0 Å². The van der Waals surface area contributed by atoms with E-state index in [9.17, 15) is 17.0 Å². The first-order valence-electron chi connectivity index (χ1n) is 8.94. The van der Waals surface area contributed by atoms with Crippen molar-refractivity contribution in [1.29, 1.82) is 0 Å². The highest BCUT2D eigenvalue weighted by atomic mass is 32.2. The van der Waals surface area contributed by atoms with Gasteiger partial charge in [0, 0.05) is 26.2 Å². The van der Waals surface area contributed by atoms with Crippen molar-refractivity contribution in [2.75, 3.05) is 20.1 Å². The number of rotatable bonds is 6. The number of nitrogens with zero attached hydrogens (tertiary/aromatic N) is 2. The van der Waals surface area contributed by atoms with Gasteiger partial charge in [-0.25, -0.2) is 22.0 Å². The third-order valence-corrected chi connectivity index (χ3v) is 8.29. The number of benzene rings is 2. The molecule has 2 atom stereocenters. The lowest BCUT2D eigenvalue weighted by molar-refractivity contribution is 0.435. The van der Waals surface area contributed by atoms with Gasteiger partial charge in [-0.2, -0.15) is 4.31 Å². The molecule has 1 aliphatic heterocycles. The highest BCUT2D eigenvalue weighted by Gasteiger charge is 2.30. The average molecular weight is 422 g/mol. The van der Waals surface area contributed by atoms with Gasteiger partial charge in [-0.15, -0.1) is 0 Å². The van der Waals surface area contributed by atoms with Crippen LogP contribution in [0.2, 0.25) is 0 Å². The molecule has 28 heavy (non-hydrogen) atoms. The summed E-state index contributed by atoms with van der Waals surface area (Å²) in [6.45, 7) is 0.707. The maximum atomic E-state index is 13.3. The Labute approximate surface area is 166 Å². The van der Waals surface area contributed by atoms with Crippen molar-refractivity contribution in [3.63, 3.8) is 0 Å². The third-order valence-electron chi connectivity index (χ3n) is 5.14. The number of hydrogen-bond acceptors (Lipinski definition) is 5. The van der Waals surface area contributed by atoms with E-state index < -0.39 is 20.8 Å². The topological polar surface area (TPSA) is 78.8 Å². The van der Waals surface area contributed by atoms with E-state index in [-0.39, 0.29) is 28.2 Å². The van der Waals surface area contributed by atoms with Crippen LogP contribution >= 0.6 is 0 Å². The Hall–Kier alpha value is -1.94. The van der Waals surface area contributed by atoms with Gasteiger partial charge in [0.15, 0.2) is 0 Å². The van der Waals surface area contributed by atoms with Crippen LogP contribution in [0.4, 0.5) is 10.1 Å². The number of likely N-dealkylation sites (N-methyl/N-ethyl adjacent to an activating group) is 1. The molecule has 1 heterocycles. The molecule has 0 aromatic heterocycles. The summed E-state index contributed by atoms with van der Waals surface area (Å²) < 4.78 is 52.7. The van der Waals surface area contributed by atoms with Crippen LogP contribution in [0.15, 0.2) is 51.2 Å². The lowest BCUT2D eigenvalue weighted by Gasteiger charge is -2.20. The predicted molar refractivity (Wildman–Crippen MR) is 106 cm³/mol. The van der Waals surface area contributed by atoms with Crippen molar-refractivity contribution < 1.29 is 17.0 Å². The van der Waals surface area contributed by atoms with E-state index in [2.05, 4.69) is 10.3 Å². The molecule has 1 N–H and O–H groups in total. The summed E-state index contributed by atoms with van der Waals surface area (Å²) >= 11 is 0. The fraction of sp³-hybridized carbons (Fsp3) is 0.316. The Morgan fingerprint density at radius 2 is 2.14 bits per heavy atom. The molecular weight excluding hydrogens is 401 g/mol. The molecule has 2 aromatic rings. The minimum absolute atomic E-state index is 0.0324. The van der Waals surface area contributed by atoms with Gasteiger partial charge in [-0.3, -0.25) is 0 Å². The largest absolute Gasteiger partial charge is 0.309 e. The molecule has 4 rings (SSSR count). The SMILES string of the molecule is CN(CCNC1CCc2cc(F)ccc21)S(=O)(=O)c1cccc2c1S(=O)C=N2. The molecule has 6 nitrogen and oxygen atoms in total. The molecule has 0 saturated heterocycles. The summed E-state index contributed by atoms with van der Waals surface area (Å²) in [5, 5.41) is 3.36. The van der Waals surface area contributed by atoms with E-state index in [0.717, 1.165) is 24.0 Å². The molecule has 0 spiro atoms. The molecule has 148 valence electrons. The van der Waals surface area contributed by atoms with Crippen LogP contribution in [-0.2, 0) is 27.2 Å². The van der Waals surface area contributed by atoms with Crippen molar-refractivity contribution in [2.45, 2.75) is 28.7 Å². The van der Waals surface area contributed by atoms with Gasteiger partial charge in [0.1, 0.15) is 10.7 Å². The molecule has 0 amide bonds. The van der Waals surface area contributed by atoms with E-state index in [1.807, 2.05) is 0 Å². The molecular formula is C19H20FN3O3S2.